The van der Waals surface area contributed by atoms with Gasteiger partial charge in [-0.15, -0.1) is 0 Å². The van der Waals surface area contributed by atoms with Crippen LogP contribution in [0.2, 0.25) is 18.1 Å². The zero-order valence-electron chi connectivity index (χ0n) is 11.3. The summed E-state index contributed by atoms with van der Waals surface area (Å²) in [6.45, 7) is 12.0. The summed E-state index contributed by atoms with van der Waals surface area (Å²) in [5.74, 6) is 0. The second-order valence-electron chi connectivity index (χ2n) is 5.75. The SMILES string of the molecule is CC(C)(C)[Si](C)(C)OCc1cnn(CC#N)c1. The van der Waals surface area contributed by atoms with Crippen molar-refractivity contribution in [2.75, 3.05) is 0 Å². The zero-order chi connectivity index (χ0) is 13.1. The molecule has 1 aromatic rings. The minimum absolute atomic E-state index is 0.218. The quantitative estimate of drug-likeness (QED) is 0.773. The summed E-state index contributed by atoms with van der Waals surface area (Å²) >= 11 is 0. The Balaban J connectivity index is 2.59. The van der Waals surface area contributed by atoms with Crippen molar-refractivity contribution >= 4 is 8.32 Å². The van der Waals surface area contributed by atoms with E-state index in [1.165, 1.54) is 0 Å². The summed E-state index contributed by atoms with van der Waals surface area (Å²) in [4.78, 5) is 0. The maximum Gasteiger partial charge on any atom is 0.192 e. The van der Waals surface area contributed by atoms with E-state index in [1.54, 1.807) is 10.9 Å². The second-order valence-corrected chi connectivity index (χ2v) is 10.6. The molecular formula is C12H21N3OSi. The first kappa shape index (κ1) is 13.9. The normalized spacial score (nSPS) is 12.5. The first-order valence-electron chi connectivity index (χ1n) is 5.78. The van der Waals surface area contributed by atoms with Gasteiger partial charge in [0.25, 0.3) is 0 Å². The molecule has 0 aromatic carbocycles. The average molecular weight is 251 g/mol. The molecule has 1 rings (SSSR count). The highest BCUT2D eigenvalue weighted by Crippen LogP contribution is 2.36. The van der Waals surface area contributed by atoms with E-state index >= 15 is 0 Å². The molecule has 0 N–H and O–H groups in total. The van der Waals surface area contributed by atoms with Gasteiger partial charge in [-0.2, -0.15) is 10.4 Å². The smallest absolute Gasteiger partial charge is 0.192 e. The van der Waals surface area contributed by atoms with Gasteiger partial charge in [-0.05, 0) is 18.1 Å². The van der Waals surface area contributed by atoms with Gasteiger partial charge in [0.15, 0.2) is 8.32 Å². The van der Waals surface area contributed by atoms with Gasteiger partial charge in [0.1, 0.15) is 6.54 Å². The number of nitriles is 1. The predicted octanol–water partition coefficient (Wildman–Crippen LogP) is 2.93. The first-order valence-corrected chi connectivity index (χ1v) is 8.69. The van der Waals surface area contributed by atoms with Crippen LogP contribution in [0.25, 0.3) is 0 Å². The number of hydrogen-bond donors (Lipinski definition) is 0. The predicted molar refractivity (Wildman–Crippen MR) is 69.8 cm³/mol. The summed E-state index contributed by atoms with van der Waals surface area (Å²) in [7, 11) is -1.70. The molecule has 0 saturated heterocycles. The van der Waals surface area contributed by atoms with Crippen molar-refractivity contribution < 1.29 is 4.43 Å². The van der Waals surface area contributed by atoms with Crippen molar-refractivity contribution in [3.05, 3.63) is 18.0 Å². The van der Waals surface area contributed by atoms with E-state index in [9.17, 15) is 0 Å². The van der Waals surface area contributed by atoms with Crippen LogP contribution in [-0.4, -0.2) is 18.1 Å². The fourth-order valence-electron chi connectivity index (χ4n) is 1.12. The highest BCUT2D eigenvalue weighted by Gasteiger charge is 2.37. The Bertz CT molecular complexity index is 412. The molecule has 1 heterocycles. The molecule has 0 radical (unpaired) electrons. The minimum Gasteiger partial charge on any atom is -0.412 e. The fourth-order valence-corrected chi connectivity index (χ4v) is 2.08. The van der Waals surface area contributed by atoms with E-state index in [1.807, 2.05) is 6.20 Å². The van der Waals surface area contributed by atoms with Crippen LogP contribution in [0.5, 0.6) is 0 Å². The molecule has 0 bridgehead atoms. The van der Waals surface area contributed by atoms with Gasteiger partial charge < -0.3 is 4.43 Å². The summed E-state index contributed by atoms with van der Waals surface area (Å²) in [6, 6.07) is 2.06. The number of rotatable bonds is 4. The van der Waals surface area contributed by atoms with Crippen LogP contribution in [0, 0.1) is 11.3 Å². The standard InChI is InChI=1S/C12H21N3OSi/c1-12(2,3)17(4,5)16-10-11-8-14-15(9-11)7-6-13/h8-9H,7,10H2,1-5H3. The number of aromatic nitrogens is 2. The molecule has 0 atom stereocenters. The molecule has 1 aromatic heterocycles. The van der Waals surface area contributed by atoms with Crippen molar-refractivity contribution in [2.45, 2.75) is 52.1 Å². The van der Waals surface area contributed by atoms with Crippen LogP contribution in [-0.2, 0) is 17.6 Å². The zero-order valence-corrected chi connectivity index (χ0v) is 12.3. The van der Waals surface area contributed by atoms with Gasteiger partial charge in [-0.25, -0.2) is 0 Å². The number of nitrogens with zero attached hydrogens (tertiary/aromatic N) is 3. The average Bonchev–Trinajstić information content (AvgIpc) is 2.62. The largest absolute Gasteiger partial charge is 0.412 e. The van der Waals surface area contributed by atoms with Gasteiger partial charge in [0, 0.05) is 11.8 Å². The third-order valence-corrected chi connectivity index (χ3v) is 7.80. The van der Waals surface area contributed by atoms with E-state index in [4.69, 9.17) is 9.69 Å². The molecule has 0 aliphatic rings. The highest BCUT2D eigenvalue weighted by molar-refractivity contribution is 6.74. The van der Waals surface area contributed by atoms with Gasteiger partial charge >= 0.3 is 0 Å². The third kappa shape index (κ3) is 3.68. The lowest BCUT2D eigenvalue weighted by molar-refractivity contribution is 0.276. The van der Waals surface area contributed by atoms with E-state index in [0.717, 1.165) is 5.56 Å². The molecule has 17 heavy (non-hydrogen) atoms. The molecule has 94 valence electrons. The summed E-state index contributed by atoms with van der Waals surface area (Å²) in [5.41, 5.74) is 1.03. The van der Waals surface area contributed by atoms with Crippen LogP contribution in [0.3, 0.4) is 0 Å². The maximum atomic E-state index is 8.56. The molecule has 0 saturated carbocycles. The lowest BCUT2D eigenvalue weighted by Gasteiger charge is -2.36. The van der Waals surface area contributed by atoms with Crippen LogP contribution in [0.15, 0.2) is 12.4 Å². The molecule has 0 unspecified atom stereocenters. The molecule has 0 spiro atoms. The van der Waals surface area contributed by atoms with Crippen molar-refractivity contribution in [3.63, 3.8) is 0 Å². The monoisotopic (exact) mass is 251 g/mol. The van der Waals surface area contributed by atoms with Crippen molar-refractivity contribution in [2.24, 2.45) is 0 Å². The molecule has 0 aliphatic carbocycles. The lowest BCUT2D eigenvalue weighted by atomic mass is 10.2. The van der Waals surface area contributed by atoms with E-state index in [2.05, 4.69) is 45.0 Å². The highest BCUT2D eigenvalue weighted by atomic mass is 28.4. The second kappa shape index (κ2) is 5.03. The van der Waals surface area contributed by atoms with E-state index < -0.39 is 8.32 Å². The van der Waals surface area contributed by atoms with Crippen LogP contribution in [0.4, 0.5) is 0 Å². The van der Waals surface area contributed by atoms with E-state index in [-0.39, 0.29) is 5.04 Å². The molecule has 0 amide bonds. The van der Waals surface area contributed by atoms with Crippen molar-refractivity contribution in [1.82, 2.24) is 9.78 Å². The third-order valence-electron chi connectivity index (χ3n) is 3.33. The van der Waals surface area contributed by atoms with E-state index in [0.29, 0.717) is 13.2 Å². The Morgan fingerprint density at radius 2 is 2.12 bits per heavy atom. The topological polar surface area (TPSA) is 50.8 Å². The lowest BCUT2D eigenvalue weighted by Crippen LogP contribution is -2.40. The Hall–Kier alpha value is -1.12. The van der Waals surface area contributed by atoms with Crippen molar-refractivity contribution in [3.8, 4) is 6.07 Å². The molecule has 0 aliphatic heterocycles. The Kier molecular flexibility index (Phi) is 4.12. The van der Waals surface area contributed by atoms with Crippen molar-refractivity contribution in [1.29, 1.82) is 5.26 Å². The van der Waals surface area contributed by atoms with Crippen LogP contribution >= 0.6 is 0 Å². The molecule has 5 heteroatoms. The van der Waals surface area contributed by atoms with Crippen LogP contribution < -0.4 is 0 Å². The van der Waals surface area contributed by atoms with Gasteiger partial charge in [-0.3, -0.25) is 4.68 Å². The molecule has 4 nitrogen and oxygen atoms in total. The van der Waals surface area contributed by atoms with Gasteiger partial charge in [-0.1, -0.05) is 20.8 Å². The summed E-state index contributed by atoms with van der Waals surface area (Å²) in [5, 5.41) is 12.9. The first-order chi connectivity index (χ1) is 7.76. The fraction of sp³-hybridized carbons (Fsp3) is 0.667. The summed E-state index contributed by atoms with van der Waals surface area (Å²) in [6.07, 6.45) is 3.64. The minimum atomic E-state index is -1.70. The Morgan fingerprint density at radius 3 is 2.65 bits per heavy atom. The molecular weight excluding hydrogens is 230 g/mol. The summed E-state index contributed by atoms with van der Waals surface area (Å²) < 4.78 is 7.70. The van der Waals surface area contributed by atoms with Gasteiger partial charge in [0.05, 0.1) is 18.9 Å². The Labute approximate surface area is 104 Å². The van der Waals surface area contributed by atoms with Gasteiger partial charge in [0.2, 0.25) is 0 Å². The number of hydrogen-bond acceptors (Lipinski definition) is 3. The molecule has 0 fully saturated rings. The van der Waals surface area contributed by atoms with Crippen LogP contribution in [0.1, 0.15) is 26.3 Å². The maximum absolute atomic E-state index is 8.56. The Morgan fingerprint density at radius 1 is 1.47 bits per heavy atom.